The minimum Gasteiger partial charge on any atom is -0.452 e. The number of amides is 1. The molecule has 24 heavy (non-hydrogen) atoms. The van der Waals surface area contributed by atoms with Crippen molar-refractivity contribution in [3.63, 3.8) is 0 Å². The molecule has 0 radical (unpaired) electrons. The fraction of sp³-hybridized carbons (Fsp3) is 0.278. The minimum absolute atomic E-state index is 0.337. The van der Waals surface area contributed by atoms with Crippen molar-refractivity contribution >= 4 is 11.9 Å². The second-order valence-corrected chi connectivity index (χ2v) is 5.64. The monoisotopic (exact) mass is 327 g/mol. The molecule has 1 heterocycles. The van der Waals surface area contributed by atoms with Gasteiger partial charge in [0.1, 0.15) is 11.9 Å². The van der Waals surface area contributed by atoms with E-state index in [1.54, 1.807) is 20.0 Å². The lowest BCUT2D eigenvalue weighted by molar-refractivity contribution is -0.144. The number of hydrogen-bond acceptors (Lipinski definition) is 4. The molecule has 0 saturated heterocycles. The van der Waals surface area contributed by atoms with Crippen LogP contribution in [-0.4, -0.2) is 28.0 Å². The van der Waals surface area contributed by atoms with Gasteiger partial charge in [0.25, 0.3) is 5.91 Å². The number of rotatable bonds is 6. The van der Waals surface area contributed by atoms with Gasteiger partial charge in [-0.3, -0.25) is 4.79 Å². The maximum atomic E-state index is 12.2. The van der Waals surface area contributed by atoms with Crippen LogP contribution in [0.4, 0.5) is 0 Å². The predicted molar refractivity (Wildman–Crippen MR) is 90.0 cm³/mol. The Bertz CT molecular complexity index is 731. The first-order valence-corrected chi connectivity index (χ1v) is 7.60. The number of aryl methyl sites for hydroxylation is 1. The summed E-state index contributed by atoms with van der Waals surface area (Å²) in [6, 6.07) is 9.10. The third-order valence-electron chi connectivity index (χ3n) is 3.31. The van der Waals surface area contributed by atoms with E-state index in [0.717, 1.165) is 11.1 Å². The molecule has 0 saturated carbocycles. The van der Waals surface area contributed by atoms with Crippen molar-refractivity contribution in [3.05, 3.63) is 65.8 Å². The zero-order valence-electron chi connectivity index (χ0n) is 14.0. The molecule has 0 fully saturated rings. The summed E-state index contributed by atoms with van der Waals surface area (Å²) in [6.45, 7) is 3.23. The summed E-state index contributed by atoms with van der Waals surface area (Å²) in [5.41, 5.74) is 1.71. The largest absolute Gasteiger partial charge is 0.452 e. The van der Waals surface area contributed by atoms with E-state index < -0.39 is 12.0 Å². The first-order valence-electron chi connectivity index (χ1n) is 7.60. The number of aromatic nitrogens is 2. The highest BCUT2D eigenvalue weighted by molar-refractivity contribution is 5.86. The third-order valence-corrected chi connectivity index (χ3v) is 3.31. The molecule has 1 N–H and O–H groups in total. The Hall–Kier alpha value is -2.89. The highest BCUT2D eigenvalue weighted by Crippen LogP contribution is 2.19. The molecule has 1 aromatic heterocycles. The number of esters is 1. The number of ether oxygens (including phenoxy) is 1. The first kappa shape index (κ1) is 17.5. The van der Waals surface area contributed by atoms with Gasteiger partial charge in [-0.1, -0.05) is 35.9 Å². The first-order chi connectivity index (χ1) is 11.5. The van der Waals surface area contributed by atoms with E-state index in [4.69, 9.17) is 4.74 Å². The Morgan fingerprint density at radius 3 is 2.58 bits per heavy atom. The Balaban J connectivity index is 2.09. The highest BCUT2D eigenvalue weighted by Gasteiger charge is 2.20. The maximum Gasteiger partial charge on any atom is 0.331 e. The van der Waals surface area contributed by atoms with Crippen molar-refractivity contribution in [3.8, 4) is 0 Å². The number of allylic oxidation sites excluding steroid dienone is 1. The topological polar surface area (TPSA) is 73.2 Å². The summed E-state index contributed by atoms with van der Waals surface area (Å²) in [4.78, 5) is 28.0. The van der Waals surface area contributed by atoms with Gasteiger partial charge in [-0.15, -0.1) is 0 Å². The van der Waals surface area contributed by atoms with Crippen LogP contribution in [0.25, 0.3) is 0 Å². The molecule has 1 amide bonds. The van der Waals surface area contributed by atoms with E-state index in [1.807, 2.05) is 48.1 Å². The number of hydrogen-bond donors (Lipinski definition) is 1. The fourth-order valence-corrected chi connectivity index (χ4v) is 2.21. The maximum absolute atomic E-state index is 12.2. The number of nitrogens with one attached hydrogen (secondary N) is 1. The predicted octanol–water partition coefficient (Wildman–Crippen LogP) is 2.14. The van der Waals surface area contributed by atoms with Gasteiger partial charge in [0, 0.05) is 25.5 Å². The average Bonchev–Trinajstić information content (AvgIpc) is 2.97. The molecule has 0 spiro atoms. The van der Waals surface area contributed by atoms with Crippen LogP contribution in [0.1, 0.15) is 31.3 Å². The van der Waals surface area contributed by atoms with E-state index >= 15 is 0 Å². The summed E-state index contributed by atoms with van der Waals surface area (Å²) < 4.78 is 6.78. The van der Waals surface area contributed by atoms with Gasteiger partial charge >= 0.3 is 5.97 Å². The molecule has 0 aliphatic heterocycles. The molecule has 1 atom stereocenters. The van der Waals surface area contributed by atoms with Crippen molar-refractivity contribution < 1.29 is 14.3 Å². The smallest absolute Gasteiger partial charge is 0.331 e. The third kappa shape index (κ3) is 4.81. The lowest BCUT2D eigenvalue weighted by atomic mass is 10.1. The van der Waals surface area contributed by atoms with E-state index in [0.29, 0.717) is 5.82 Å². The molecule has 0 bridgehead atoms. The molecule has 2 aromatic rings. The number of carbonyl (C=O) groups is 2. The van der Waals surface area contributed by atoms with Crippen molar-refractivity contribution in [1.82, 2.24) is 14.9 Å². The Morgan fingerprint density at radius 1 is 1.29 bits per heavy atom. The molecular formula is C18H21N3O3. The summed E-state index contributed by atoms with van der Waals surface area (Å²) in [5.74, 6) is -0.217. The normalized spacial score (nSPS) is 11.5. The van der Waals surface area contributed by atoms with Gasteiger partial charge < -0.3 is 14.6 Å². The summed E-state index contributed by atoms with van der Waals surface area (Å²) in [6.07, 6.45) is 4.83. The van der Waals surface area contributed by atoms with Crippen molar-refractivity contribution in [2.45, 2.75) is 19.9 Å². The standard InChI is InChI=1S/C18H21N3O3/c1-13(2)11-16(23)24-12-15(22)20-17(14-7-5-4-6-8-14)18-19-9-10-21(18)3/h4-11,17H,12H2,1-3H3,(H,20,22)/t17-/m0/s1. The molecule has 1 aromatic carbocycles. The second-order valence-electron chi connectivity index (χ2n) is 5.64. The quantitative estimate of drug-likeness (QED) is 0.652. The summed E-state index contributed by atoms with van der Waals surface area (Å²) in [7, 11) is 1.86. The summed E-state index contributed by atoms with van der Waals surface area (Å²) in [5, 5.41) is 2.87. The SMILES string of the molecule is CC(C)=CC(=O)OCC(=O)N[C@@H](c1ccccc1)c1nccn1C. The van der Waals surface area contributed by atoms with Crippen LogP contribution in [0.15, 0.2) is 54.4 Å². The number of carbonyl (C=O) groups excluding carboxylic acids is 2. The van der Waals surface area contributed by atoms with E-state index in [1.165, 1.54) is 6.08 Å². The fourth-order valence-electron chi connectivity index (χ4n) is 2.21. The van der Waals surface area contributed by atoms with Crippen molar-refractivity contribution in [1.29, 1.82) is 0 Å². The molecule has 0 aliphatic rings. The zero-order valence-corrected chi connectivity index (χ0v) is 14.0. The van der Waals surface area contributed by atoms with Crippen LogP contribution in [0.3, 0.4) is 0 Å². The Kier molecular flexibility index (Phi) is 5.89. The average molecular weight is 327 g/mol. The molecular weight excluding hydrogens is 306 g/mol. The molecule has 0 unspecified atom stereocenters. The van der Waals surface area contributed by atoms with Gasteiger partial charge in [-0.2, -0.15) is 0 Å². The van der Waals surface area contributed by atoms with Crippen molar-refractivity contribution in [2.75, 3.05) is 6.61 Å². The molecule has 2 rings (SSSR count). The molecule has 126 valence electrons. The lowest BCUT2D eigenvalue weighted by Gasteiger charge is -2.19. The van der Waals surface area contributed by atoms with Gasteiger partial charge in [-0.25, -0.2) is 9.78 Å². The van der Waals surface area contributed by atoms with Crippen LogP contribution in [0.2, 0.25) is 0 Å². The van der Waals surface area contributed by atoms with Gasteiger partial charge in [-0.05, 0) is 19.4 Å². The molecule has 6 heteroatoms. The van der Waals surface area contributed by atoms with Crippen LogP contribution in [0.5, 0.6) is 0 Å². The Morgan fingerprint density at radius 2 is 2.00 bits per heavy atom. The lowest BCUT2D eigenvalue weighted by Crippen LogP contribution is -2.34. The second kappa shape index (κ2) is 8.10. The van der Waals surface area contributed by atoms with Crippen LogP contribution in [0, 0.1) is 0 Å². The minimum atomic E-state index is -0.529. The summed E-state index contributed by atoms with van der Waals surface area (Å²) >= 11 is 0. The van der Waals surface area contributed by atoms with Crippen LogP contribution in [-0.2, 0) is 21.4 Å². The Labute approximate surface area is 141 Å². The van der Waals surface area contributed by atoms with Gasteiger partial charge in [0.05, 0.1) is 0 Å². The highest BCUT2D eigenvalue weighted by atomic mass is 16.5. The molecule has 0 aliphatic carbocycles. The van der Waals surface area contributed by atoms with E-state index in [9.17, 15) is 9.59 Å². The van der Waals surface area contributed by atoms with Gasteiger partial charge in [0.2, 0.25) is 0 Å². The van der Waals surface area contributed by atoms with Crippen molar-refractivity contribution in [2.24, 2.45) is 7.05 Å². The number of benzene rings is 1. The zero-order chi connectivity index (χ0) is 17.5. The number of imidazole rings is 1. The van der Waals surface area contributed by atoms with E-state index in [-0.39, 0.29) is 12.5 Å². The van der Waals surface area contributed by atoms with Crippen LogP contribution < -0.4 is 5.32 Å². The van der Waals surface area contributed by atoms with Gasteiger partial charge in [0.15, 0.2) is 6.61 Å². The van der Waals surface area contributed by atoms with Crippen LogP contribution >= 0.6 is 0 Å². The molecule has 6 nitrogen and oxygen atoms in total. The number of nitrogens with zero attached hydrogens (tertiary/aromatic N) is 2. The van der Waals surface area contributed by atoms with E-state index in [2.05, 4.69) is 10.3 Å².